The largest absolute Gasteiger partial charge is 0.347 e. The maximum Gasteiger partial charge on any atom is 0.313 e. The van der Waals surface area contributed by atoms with Gasteiger partial charge in [-0.3, -0.25) is 9.59 Å². The highest BCUT2D eigenvalue weighted by Crippen LogP contribution is 2.12. The molecule has 0 spiro atoms. The monoisotopic (exact) mass is 341 g/mol. The molecule has 8 heteroatoms. The molecule has 0 bridgehead atoms. The third-order valence-electron chi connectivity index (χ3n) is 3.34. The highest BCUT2D eigenvalue weighted by atomic mass is 32.2. The lowest BCUT2D eigenvalue weighted by Crippen LogP contribution is -2.41. The van der Waals surface area contributed by atoms with Gasteiger partial charge in [-0.05, 0) is 18.6 Å². The fourth-order valence-corrected chi connectivity index (χ4v) is 3.42. The molecule has 2 amide bonds. The maximum atomic E-state index is 12.0. The van der Waals surface area contributed by atoms with Gasteiger partial charge >= 0.3 is 11.8 Å². The molecular formula is C15H23N3O4S. The molecule has 0 atom stereocenters. The summed E-state index contributed by atoms with van der Waals surface area (Å²) >= 11 is 0. The molecule has 128 valence electrons. The van der Waals surface area contributed by atoms with Crippen molar-refractivity contribution in [1.29, 1.82) is 0 Å². The van der Waals surface area contributed by atoms with Crippen molar-refractivity contribution in [3.63, 3.8) is 0 Å². The summed E-state index contributed by atoms with van der Waals surface area (Å²) in [6, 6.07) is 7.07. The van der Waals surface area contributed by atoms with Gasteiger partial charge in [0.25, 0.3) is 0 Å². The van der Waals surface area contributed by atoms with Gasteiger partial charge in [0, 0.05) is 25.3 Å². The van der Waals surface area contributed by atoms with Crippen LogP contribution in [0.4, 0.5) is 5.69 Å². The van der Waals surface area contributed by atoms with Crippen LogP contribution in [0.3, 0.4) is 0 Å². The number of carbonyl (C=O) groups excluding carboxylic acids is 2. The minimum atomic E-state index is -3.42. The normalized spacial score (nSPS) is 11.3. The molecule has 1 rings (SSSR count). The van der Waals surface area contributed by atoms with E-state index in [1.807, 2.05) is 19.1 Å². The Hall–Kier alpha value is -1.93. The van der Waals surface area contributed by atoms with Crippen molar-refractivity contribution in [2.24, 2.45) is 0 Å². The summed E-state index contributed by atoms with van der Waals surface area (Å²) < 4.78 is 25.2. The lowest BCUT2D eigenvalue weighted by atomic mass is 10.2. The van der Waals surface area contributed by atoms with Crippen molar-refractivity contribution in [3.8, 4) is 0 Å². The lowest BCUT2D eigenvalue weighted by molar-refractivity contribution is -0.136. The minimum absolute atomic E-state index is 0.112. The van der Waals surface area contributed by atoms with Crippen LogP contribution in [-0.2, 0) is 19.6 Å². The molecule has 23 heavy (non-hydrogen) atoms. The maximum absolute atomic E-state index is 12.0. The van der Waals surface area contributed by atoms with Crippen molar-refractivity contribution in [1.82, 2.24) is 9.62 Å². The van der Waals surface area contributed by atoms with Crippen LogP contribution in [-0.4, -0.2) is 49.9 Å². The number of anilines is 1. The molecule has 0 aliphatic carbocycles. The zero-order chi connectivity index (χ0) is 17.5. The van der Waals surface area contributed by atoms with E-state index in [1.54, 1.807) is 26.0 Å². The zero-order valence-electron chi connectivity index (χ0n) is 13.6. The summed E-state index contributed by atoms with van der Waals surface area (Å²) in [7, 11) is -3.42. The summed E-state index contributed by atoms with van der Waals surface area (Å²) in [5.41, 5.74) is 1.38. The van der Waals surface area contributed by atoms with Crippen LogP contribution in [0.5, 0.6) is 0 Å². The van der Waals surface area contributed by atoms with Gasteiger partial charge in [-0.1, -0.05) is 32.0 Å². The molecule has 1 aromatic rings. The van der Waals surface area contributed by atoms with Crippen molar-refractivity contribution in [2.45, 2.75) is 20.8 Å². The number of nitrogens with one attached hydrogen (secondary N) is 2. The minimum Gasteiger partial charge on any atom is -0.347 e. The summed E-state index contributed by atoms with van der Waals surface area (Å²) in [5.74, 6) is -1.92. The zero-order valence-corrected chi connectivity index (χ0v) is 14.4. The number of carbonyl (C=O) groups is 2. The first kappa shape index (κ1) is 19.1. The molecule has 7 nitrogen and oxygen atoms in total. The lowest BCUT2D eigenvalue weighted by Gasteiger charge is -2.18. The Morgan fingerprint density at radius 1 is 1.09 bits per heavy atom. The Balaban J connectivity index is 2.51. The topological polar surface area (TPSA) is 95.6 Å². The molecule has 0 saturated carbocycles. The number of nitrogens with zero attached hydrogens (tertiary/aromatic N) is 1. The van der Waals surface area contributed by atoms with E-state index in [4.69, 9.17) is 0 Å². The molecule has 0 aliphatic rings. The highest BCUT2D eigenvalue weighted by molar-refractivity contribution is 7.89. The standard InChI is InChI=1S/C15H23N3O4S/c1-4-18(5-2)23(21,22)11-10-16-14(19)15(20)17-13-9-7-6-8-12(13)3/h6-9H,4-5,10-11H2,1-3H3,(H,16,19)(H,17,20). The first-order chi connectivity index (χ1) is 10.8. The number of benzene rings is 1. The number of para-hydroxylation sites is 1. The summed E-state index contributed by atoms with van der Waals surface area (Å²) in [6.45, 7) is 5.94. The van der Waals surface area contributed by atoms with Gasteiger partial charge < -0.3 is 10.6 Å². The summed E-state index contributed by atoms with van der Waals surface area (Å²) in [4.78, 5) is 23.5. The highest BCUT2D eigenvalue weighted by Gasteiger charge is 2.20. The Labute approximate surface area is 137 Å². The average molecular weight is 341 g/mol. The van der Waals surface area contributed by atoms with E-state index >= 15 is 0 Å². The molecule has 0 radical (unpaired) electrons. The molecule has 0 aliphatic heterocycles. The smallest absolute Gasteiger partial charge is 0.313 e. The van der Waals surface area contributed by atoms with E-state index in [0.29, 0.717) is 18.8 Å². The molecule has 1 aromatic carbocycles. The van der Waals surface area contributed by atoms with Crippen molar-refractivity contribution >= 4 is 27.5 Å². The second-order valence-electron chi connectivity index (χ2n) is 4.93. The van der Waals surface area contributed by atoms with Crippen molar-refractivity contribution in [2.75, 3.05) is 30.7 Å². The Kier molecular flexibility index (Phi) is 7.18. The molecule has 0 unspecified atom stereocenters. The summed E-state index contributed by atoms with van der Waals surface area (Å²) in [6.07, 6.45) is 0. The Morgan fingerprint density at radius 3 is 2.26 bits per heavy atom. The number of rotatable bonds is 7. The first-order valence-electron chi connectivity index (χ1n) is 7.44. The van der Waals surface area contributed by atoms with Crippen LogP contribution in [0.25, 0.3) is 0 Å². The number of amides is 2. The van der Waals surface area contributed by atoms with Crippen LogP contribution in [0, 0.1) is 6.92 Å². The van der Waals surface area contributed by atoms with Crippen LogP contribution in [0.1, 0.15) is 19.4 Å². The SMILES string of the molecule is CCN(CC)S(=O)(=O)CCNC(=O)C(=O)Nc1ccccc1C. The van der Waals surface area contributed by atoms with Crippen LogP contribution < -0.4 is 10.6 Å². The number of hydrogen-bond acceptors (Lipinski definition) is 4. The Morgan fingerprint density at radius 2 is 1.70 bits per heavy atom. The van der Waals surface area contributed by atoms with Gasteiger partial charge in [-0.2, -0.15) is 0 Å². The summed E-state index contributed by atoms with van der Waals surface area (Å²) in [5, 5.41) is 4.82. The van der Waals surface area contributed by atoms with E-state index in [-0.39, 0.29) is 12.3 Å². The fraction of sp³-hybridized carbons (Fsp3) is 0.467. The van der Waals surface area contributed by atoms with Gasteiger partial charge in [-0.15, -0.1) is 0 Å². The van der Waals surface area contributed by atoms with Gasteiger partial charge in [-0.25, -0.2) is 12.7 Å². The van der Waals surface area contributed by atoms with E-state index in [2.05, 4.69) is 10.6 Å². The molecular weight excluding hydrogens is 318 g/mol. The molecule has 2 N–H and O–H groups in total. The van der Waals surface area contributed by atoms with Crippen LogP contribution in [0.2, 0.25) is 0 Å². The Bertz CT molecular complexity index is 654. The third-order valence-corrected chi connectivity index (χ3v) is 5.37. The molecule has 0 aromatic heterocycles. The van der Waals surface area contributed by atoms with Gasteiger partial charge in [0.15, 0.2) is 0 Å². The molecule has 0 saturated heterocycles. The van der Waals surface area contributed by atoms with E-state index < -0.39 is 21.8 Å². The van der Waals surface area contributed by atoms with Gasteiger partial charge in [0.2, 0.25) is 10.0 Å². The number of hydrogen-bond donors (Lipinski definition) is 2. The third kappa shape index (κ3) is 5.65. The second-order valence-corrected chi connectivity index (χ2v) is 7.01. The average Bonchev–Trinajstić information content (AvgIpc) is 2.50. The van der Waals surface area contributed by atoms with E-state index in [0.717, 1.165) is 5.56 Å². The number of sulfonamides is 1. The predicted molar refractivity (Wildman–Crippen MR) is 89.5 cm³/mol. The fourth-order valence-electron chi connectivity index (χ4n) is 2.01. The molecule has 0 heterocycles. The number of aryl methyl sites for hydroxylation is 1. The van der Waals surface area contributed by atoms with E-state index in [1.165, 1.54) is 4.31 Å². The predicted octanol–water partition coefficient (Wildman–Crippen LogP) is 0.721. The van der Waals surface area contributed by atoms with Crippen LogP contribution >= 0.6 is 0 Å². The van der Waals surface area contributed by atoms with Crippen molar-refractivity contribution < 1.29 is 18.0 Å². The van der Waals surface area contributed by atoms with E-state index in [9.17, 15) is 18.0 Å². The van der Waals surface area contributed by atoms with Gasteiger partial charge in [0.1, 0.15) is 0 Å². The van der Waals surface area contributed by atoms with Crippen LogP contribution in [0.15, 0.2) is 24.3 Å². The molecule has 0 fully saturated rings. The second kappa shape index (κ2) is 8.64. The van der Waals surface area contributed by atoms with Crippen molar-refractivity contribution in [3.05, 3.63) is 29.8 Å². The first-order valence-corrected chi connectivity index (χ1v) is 9.05. The van der Waals surface area contributed by atoms with Gasteiger partial charge in [0.05, 0.1) is 5.75 Å². The quantitative estimate of drug-likeness (QED) is 0.715.